The van der Waals surface area contributed by atoms with Gasteiger partial charge in [0, 0.05) is 25.3 Å². The summed E-state index contributed by atoms with van der Waals surface area (Å²) in [5.74, 6) is 0.715. The fourth-order valence-corrected chi connectivity index (χ4v) is 3.00. The van der Waals surface area contributed by atoms with Gasteiger partial charge >= 0.3 is 0 Å². The van der Waals surface area contributed by atoms with Gasteiger partial charge in [-0.1, -0.05) is 38.8 Å². The lowest BCUT2D eigenvalue weighted by molar-refractivity contribution is 0.552. The minimum Gasteiger partial charge on any atom is -0.371 e. The summed E-state index contributed by atoms with van der Waals surface area (Å²) in [5, 5.41) is 3.52. The fourth-order valence-electron chi connectivity index (χ4n) is 3.00. The lowest BCUT2D eigenvalue weighted by Gasteiger charge is -2.25. The standard InChI is InChI=1S/C18H30N2/c1-15(2)13-19-14-17-8-9-18(16(3)12-17)20-10-6-4-5-7-11-20/h8-9,12,15,19H,4-7,10-11,13-14H2,1-3H3. The van der Waals surface area contributed by atoms with Gasteiger partial charge in [-0.2, -0.15) is 0 Å². The molecule has 0 saturated carbocycles. The molecular formula is C18H30N2. The van der Waals surface area contributed by atoms with Crippen molar-refractivity contribution in [1.29, 1.82) is 0 Å². The van der Waals surface area contributed by atoms with Crippen LogP contribution in [0.25, 0.3) is 0 Å². The van der Waals surface area contributed by atoms with Crippen LogP contribution in [-0.4, -0.2) is 19.6 Å². The molecule has 1 heterocycles. The van der Waals surface area contributed by atoms with E-state index in [9.17, 15) is 0 Å². The van der Waals surface area contributed by atoms with E-state index in [1.807, 2.05) is 0 Å². The van der Waals surface area contributed by atoms with Crippen LogP contribution in [0.2, 0.25) is 0 Å². The van der Waals surface area contributed by atoms with E-state index < -0.39 is 0 Å². The van der Waals surface area contributed by atoms with Crippen LogP contribution in [0.15, 0.2) is 18.2 Å². The van der Waals surface area contributed by atoms with Crippen LogP contribution < -0.4 is 10.2 Å². The van der Waals surface area contributed by atoms with E-state index in [4.69, 9.17) is 0 Å². The molecule has 1 aliphatic heterocycles. The summed E-state index contributed by atoms with van der Waals surface area (Å²) >= 11 is 0. The number of benzene rings is 1. The molecule has 2 nitrogen and oxygen atoms in total. The molecule has 2 heteroatoms. The molecule has 1 fully saturated rings. The molecular weight excluding hydrogens is 244 g/mol. The second-order valence-corrected chi connectivity index (χ2v) is 6.55. The Bertz CT molecular complexity index is 404. The van der Waals surface area contributed by atoms with Gasteiger partial charge in [-0.05, 0) is 49.4 Å². The third-order valence-corrected chi connectivity index (χ3v) is 4.09. The van der Waals surface area contributed by atoms with Crippen molar-refractivity contribution in [2.75, 3.05) is 24.5 Å². The summed E-state index contributed by atoms with van der Waals surface area (Å²) < 4.78 is 0. The molecule has 1 aromatic carbocycles. The van der Waals surface area contributed by atoms with Gasteiger partial charge in [0.15, 0.2) is 0 Å². The van der Waals surface area contributed by atoms with E-state index in [0.717, 1.165) is 13.1 Å². The highest BCUT2D eigenvalue weighted by atomic mass is 15.1. The molecule has 0 bridgehead atoms. The number of hydrogen-bond acceptors (Lipinski definition) is 2. The number of hydrogen-bond donors (Lipinski definition) is 1. The Morgan fingerprint density at radius 2 is 1.80 bits per heavy atom. The van der Waals surface area contributed by atoms with Crippen LogP contribution in [0.3, 0.4) is 0 Å². The van der Waals surface area contributed by atoms with Crippen LogP contribution in [0, 0.1) is 12.8 Å². The molecule has 112 valence electrons. The van der Waals surface area contributed by atoms with Crippen LogP contribution in [0.4, 0.5) is 5.69 Å². The van der Waals surface area contributed by atoms with E-state index in [-0.39, 0.29) is 0 Å². The first-order valence-electron chi connectivity index (χ1n) is 8.22. The van der Waals surface area contributed by atoms with Gasteiger partial charge < -0.3 is 10.2 Å². The molecule has 1 N–H and O–H groups in total. The third-order valence-electron chi connectivity index (χ3n) is 4.09. The van der Waals surface area contributed by atoms with Gasteiger partial charge in [-0.3, -0.25) is 0 Å². The topological polar surface area (TPSA) is 15.3 Å². The zero-order valence-corrected chi connectivity index (χ0v) is 13.4. The van der Waals surface area contributed by atoms with Crippen LogP contribution >= 0.6 is 0 Å². The smallest absolute Gasteiger partial charge is 0.0396 e. The summed E-state index contributed by atoms with van der Waals surface area (Å²) in [7, 11) is 0. The molecule has 0 aromatic heterocycles. The summed E-state index contributed by atoms with van der Waals surface area (Å²) in [6.07, 6.45) is 5.48. The summed E-state index contributed by atoms with van der Waals surface area (Å²) in [5.41, 5.74) is 4.27. The van der Waals surface area contributed by atoms with Crippen LogP contribution in [0.5, 0.6) is 0 Å². The van der Waals surface area contributed by atoms with Crippen molar-refractivity contribution in [3.8, 4) is 0 Å². The number of nitrogens with zero attached hydrogens (tertiary/aromatic N) is 1. The number of nitrogens with one attached hydrogen (secondary N) is 1. The first-order valence-corrected chi connectivity index (χ1v) is 8.22. The first-order chi connectivity index (χ1) is 9.66. The van der Waals surface area contributed by atoms with Crippen molar-refractivity contribution in [2.24, 2.45) is 5.92 Å². The van der Waals surface area contributed by atoms with Gasteiger partial charge in [0.05, 0.1) is 0 Å². The molecule has 0 spiro atoms. The minimum atomic E-state index is 0.715. The van der Waals surface area contributed by atoms with Gasteiger partial charge in [-0.25, -0.2) is 0 Å². The van der Waals surface area contributed by atoms with E-state index in [0.29, 0.717) is 5.92 Å². The number of anilines is 1. The monoisotopic (exact) mass is 274 g/mol. The summed E-state index contributed by atoms with van der Waals surface area (Å²) in [6.45, 7) is 11.3. The summed E-state index contributed by atoms with van der Waals surface area (Å²) in [6, 6.07) is 6.97. The van der Waals surface area contributed by atoms with Gasteiger partial charge in [0.1, 0.15) is 0 Å². The second kappa shape index (κ2) is 7.68. The quantitative estimate of drug-likeness (QED) is 0.869. The van der Waals surface area contributed by atoms with E-state index in [1.54, 1.807) is 0 Å². The zero-order valence-electron chi connectivity index (χ0n) is 13.4. The molecule has 0 unspecified atom stereocenters. The van der Waals surface area contributed by atoms with E-state index in [2.05, 4.69) is 49.2 Å². The molecule has 0 amide bonds. The highest BCUT2D eigenvalue weighted by molar-refractivity contribution is 5.54. The highest BCUT2D eigenvalue weighted by Gasteiger charge is 2.12. The molecule has 0 aliphatic carbocycles. The maximum atomic E-state index is 3.52. The Hall–Kier alpha value is -1.02. The Morgan fingerprint density at radius 3 is 2.40 bits per heavy atom. The Morgan fingerprint density at radius 1 is 1.10 bits per heavy atom. The average molecular weight is 274 g/mol. The number of aryl methyl sites for hydroxylation is 1. The van der Waals surface area contributed by atoms with Crippen molar-refractivity contribution >= 4 is 5.69 Å². The second-order valence-electron chi connectivity index (χ2n) is 6.55. The lowest BCUT2D eigenvalue weighted by atomic mass is 10.1. The van der Waals surface area contributed by atoms with Crippen molar-refractivity contribution in [2.45, 2.75) is 53.0 Å². The maximum absolute atomic E-state index is 3.52. The minimum absolute atomic E-state index is 0.715. The predicted molar refractivity (Wildman–Crippen MR) is 88.4 cm³/mol. The Kier molecular flexibility index (Phi) is 5.90. The molecule has 0 atom stereocenters. The molecule has 1 aromatic rings. The van der Waals surface area contributed by atoms with Gasteiger partial charge in [0.2, 0.25) is 0 Å². The first kappa shape index (κ1) is 15.4. The van der Waals surface area contributed by atoms with Crippen molar-refractivity contribution in [3.63, 3.8) is 0 Å². The maximum Gasteiger partial charge on any atom is 0.0396 e. The third kappa shape index (κ3) is 4.52. The van der Waals surface area contributed by atoms with Crippen molar-refractivity contribution in [3.05, 3.63) is 29.3 Å². The van der Waals surface area contributed by atoms with Gasteiger partial charge in [-0.15, -0.1) is 0 Å². The summed E-state index contributed by atoms with van der Waals surface area (Å²) in [4.78, 5) is 2.58. The van der Waals surface area contributed by atoms with Crippen molar-refractivity contribution in [1.82, 2.24) is 5.32 Å². The molecule has 2 rings (SSSR count). The molecule has 0 radical (unpaired) electrons. The molecule has 20 heavy (non-hydrogen) atoms. The predicted octanol–water partition coefficient (Wildman–Crippen LogP) is 4.12. The zero-order chi connectivity index (χ0) is 14.4. The van der Waals surface area contributed by atoms with Crippen molar-refractivity contribution < 1.29 is 0 Å². The highest BCUT2D eigenvalue weighted by Crippen LogP contribution is 2.24. The molecule has 1 aliphatic rings. The SMILES string of the molecule is Cc1cc(CNCC(C)C)ccc1N1CCCCCC1. The van der Waals surface area contributed by atoms with E-state index in [1.165, 1.54) is 55.6 Å². The average Bonchev–Trinajstić information content (AvgIpc) is 2.67. The van der Waals surface area contributed by atoms with Gasteiger partial charge in [0.25, 0.3) is 0 Å². The Balaban J connectivity index is 1.97. The normalized spacial score (nSPS) is 16.5. The van der Waals surface area contributed by atoms with Crippen LogP contribution in [0.1, 0.15) is 50.7 Å². The fraction of sp³-hybridized carbons (Fsp3) is 0.667. The van der Waals surface area contributed by atoms with E-state index >= 15 is 0 Å². The van der Waals surface area contributed by atoms with Crippen LogP contribution in [-0.2, 0) is 6.54 Å². The molecule has 1 saturated heterocycles. The largest absolute Gasteiger partial charge is 0.371 e. The number of rotatable bonds is 5. The lowest BCUT2D eigenvalue weighted by Crippen LogP contribution is -2.25. The Labute approximate surface area is 124 Å².